The molecule has 0 saturated heterocycles. The molecule has 0 saturated carbocycles. The van der Waals surface area contributed by atoms with Crippen LogP contribution in [-0.4, -0.2) is 4.57 Å². The van der Waals surface area contributed by atoms with E-state index in [9.17, 15) is 5.26 Å². The molecule has 1 spiro atoms. The predicted octanol–water partition coefficient (Wildman–Crippen LogP) is 8.49. The Hall–Kier alpha value is -5.13. The number of hydrogen-bond acceptors (Lipinski definition) is 1. The summed E-state index contributed by atoms with van der Waals surface area (Å²) in [6.45, 7) is 0. The molecule has 0 fully saturated rings. The number of para-hydroxylation sites is 2. The number of hydrogen-bond donors (Lipinski definition) is 0. The Labute approximate surface area is 219 Å². The lowest BCUT2D eigenvalue weighted by Crippen LogP contribution is -2.33. The van der Waals surface area contributed by atoms with Crippen LogP contribution < -0.4 is 0 Å². The van der Waals surface area contributed by atoms with Gasteiger partial charge in [0, 0.05) is 10.8 Å². The number of nitrogens with zero attached hydrogens (tertiary/aromatic N) is 2. The zero-order valence-electron chi connectivity index (χ0n) is 20.4. The molecule has 2 nitrogen and oxygen atoms in total. The van der Waals surface area contributed by atoms with Gasteiger partial charge < -0.3 is 4.57 Å². The van der Waals surface area contributed by atoms with Crippen molar-refractivity contribution in [3.63, 3.8) is 0 Å². The first kappa shape index (κ1) is 20.0. The van der Waals surface area contributed by atoms with E-state index >= 15 is 0 Å². The van der Waals surface area contributed by atoms with Gasteiger partial charge in [0.05, 0.1) is 33.8 Å². The minimum Gasteiger partial charge on any atom is -0.309 e. The van der Waals surface area contributed by atoms with Gasteiger partial charge in [-0.1, -0.05) is 97.1 Å². The third-order valence-corrected chi connectivity index (χ3v) is 8.80. The Balaban J connectivity index is 1.57. The van der Waals surface area contributed by atoms with Crippen molar-refractivity contribution >= 4 is 32.6 Å². The maximum Gasteiger partial charge on any atom is 0.0991 e. The average molecular weight is 481 g/mol. The minimum absolute atomic E-state index is 0.462. The van der Waals surface area contributed by atoms with Crippen molar-refractivity contribution in [2.45, 2.75) is 5.41 Å². The van der Waals surface area contributed by atoms with Crippen molar-refractivity contribution in [2.75, 3.05) is 0 Å². The number of rotatable bonds is 0. The number of nitriles is 1. The van der Waals surface area contributed by atoms with Crippen LogP contribution in [0.15, 0.2) is 121 Å². The van der Waals surface area contributed by atoms with Crippen LogP contribution in [0.4, 0.5) is 0 Å². The highest BCUT2D eigenvalue weighted by atomic mass is 15.0. The molecule has 1 unspecified atom stereocenters. The van der Waals surface area contributed by atoms with Crippen LogP contribution in [0.25, 0.3) is 49.4 Å². The minimum atomic E-state index is -0.462. The van der Waals surface area contributed by atoms with Crippen molar-refractivity contribution in [1.82, 2.24) is 4.57 Å². The van der Waals surface area contributed by atoms with E-state index in [1.54, 1.807) is 0 Å². The largest absolute Gasteiger partial charge is 0.309 e. The summed E-state index contributed by atoms with van der Waals surface area (Å²) in [6.07, 6.45) is 0. The lowest BCUT2D eigenvalue weighted by Gasteiger charge is -2.39. The van der Waals surface area contributed by atoms with Gasteiger partial charge in [-0.2, -0.15) is 5.26 Å². The van der Waals surface area contributed by atoms with Gasteiger partial charge in [-0.15, -0.1) is 0 Å². The second-order valence-electron chi connectivity index (χ2n) is 10.4. The molecule has 7 aromatic rings. The zero-order valence-corrected chi connectivity index (χ0v) is 20.4. The predicted molar refractivity (Wildman–Crippen MR) is 154 cm³/mol. The quantitative estimate of drug-likeness (QED) is 0.214. The Morgan fingerprint density at radius 2 is 1.32 bits per heavy atom. The first-order valence-electron chi connectivity index (χ1n) is 13.0. The summed E-state index contributed by atoms with van der Waals surface area (Å²) < 4.78 is 2.48. The lowest BCUT2D eigenvalue weighted by atomic mass is 9.65. The lowest BCUT2D eigenvalue weighted by molar-refractivity contribution is 0.748. The Morgan fingerprint density at radius 3 is 2.24 bits per heavy atom. The van der Waals surface area contributed by atoms with Crippen molar-refractivity contribution in [3.8, 4) is 22.9 Å². The smallest absolute Gasteiger partial charge is 0.0991 e. The van der Waals surface area contributed by atoms with Crippen LogP contribution in [-0.2, 0) is 5.41 Å². The van der Waals surface area contributed by atoms with Gasteiger partial charge in [-0.25, -0.2) is 0 Å². The van der Waals surface area contributed by atoms with E-state index < -0.39 is 5.41 Å². The maximum absolute atomic E-state index is 9.74. The summed E-state index contributed by atoms with van der Waals surface area (Å²) in [5.41, 5.74) is 11.4. The van der Waals surface area contributed by atoms with E-state index in [2.05, 4.69) is 126 Å². The Bertz CT molecular complexity index is 2210. The van der Waals surface area contributed by atoms with Gasteiger partial charge in [0.1, 0.15) is 0 Å². The molecule has 0 amide bonds. The molecule has 0 N–H and O–H groups in total. The Kier molecular flexibility index (Phi) is 3.57. The van der Waals surface area contributed by atoms with Crippen LogP contribution in [0, 0.1) is 11.3 Å². The average Bonchev–Trinajstić information content (AvgIpc) is 3.48. The van der Waals surface area contributed by atoms with Gasteiger partial charge in [-0.05, 0) is 68.4 Å². The number of benzene rings is 6. The van der Waals surface area contributed by atoms with Crippen molar-refractivity contribution in [3.05, 3.63) is 149 Å². The number of aromatic nitrogens is 1. The summed E-state index contributed by atoms with van der Waals surface area (Å²) in [5.74, 6) is 0. The van der Waals surface area contributed by atoms with Gasteiger partial charge in [-0.3, -0.25) is 0 Å². The zero-order chi connectivity index (χ0) is 25.0. The van der Waals surface area contributed by atoms with Crippen LogP contribution in [0.3, 0.4) is 0 Å². The second kappa shape index (κ2) is 6.79. The highest BCUT2D eigenvalue weighted by Gasteiger charge is 2.50. The molecule has 1 atom stereocenters. The SMILES string of the molecule is N#Cc1ccc2c(c1)-c1ccccc1C21c2ccccc2-n2c3ccc4ccccc4c3c3cccc1c32. The molecule has 2 heteroatoms. The van der Waals surface area contributed by atoms with Gasteiger partial charge in [0.15, 0.2) is 0 Å². The van der Waals surface area contributed by atoms with Crippen molar-refractivity contribution < 1.29 is 0 Å². The second-order valence-corrected chi connectivity index (χ2v) is 10.4. The van der Waals surface area contributed by atoms with Crippen LogP contribution in [0.1, 0.15) is 27.8 Å². The highest BCUT2D eigenvalue weighted by molar-refractivity contribution is 6.22. The van der Waals surface area contributed by atoms with E-state index in [-0.39, 0.29) is 0 Å². The van der Waals surface area contributed by atoms with E-state index in [1.807, 2.05) is 6.07 Å². The fraction of sp³-hybridized carbons (Fsp3) is 0.0278. The van der Waals surface area contributed by atoms with Gasteiger partial charge >= 0.3 is 0 Å². The molecular weight excluding hydrogens is 460 g/mol. The third-order valence-electron chi connectivity index (χ3n) is 8.80. The molecule has 1 aliphatic carbocycles. The van der Waals surface area contributed by atoms with Crippen molar-refractivity contribution in [1.29, 1.82) is 5.26 Å². The number of fused-ring (bicyclic) bond motifs is 14. The van der Waals surface area contributed by atoms with E-state index in [1.165, 1.54) is 66.1 Å². The van der Waals surface area contributed by atoms with Gasteiger partial charge in [0.2, 0.25) is 0 Å². The maximum atomic E-state index is 9.74. The Morgan fingerprint density at radius 1 is 0.579 bits per heavy atom. The summed E-state index contributed by atoms with van der Waals surface area (Å²) in [5, 5.41) is 14.9. The van der Waals surface area contributed by atoms with E-state index in [0.717, 1.165) is 5.56 Å². The summed E-state index contributed by atoms with van der Waals surface area (Å²) in [4.78, 5) is 0. The molecule has 1 aromatic heterocycles. The summed E-state index contributed by atoms with van der Waals surface area (Å²) in [7, 11) is 0. The molecule has 1 aliphatic heterocycles. The highest BCUT2D eigenvalue weighted by Crippen LogP contribution is 2.61. The van der Waals surface area contributed by atoms with E-state index in [0.29, 0.717) is 5.56 Å². The standard InChI is InChI=1S/C36H20N2/c37-21-22-16-18-29-27(20-22)25-10-3-4-12-28(25)36(29)30-13-5-6-15-32(30)38-33-19-17-23-8-1-2-9-24(23)34(33)26-11-7-14-31(36)35(26)38/h1-20H. The molecule has 0 radical (unpaired) electrons. The van der Waals surface area contributed by atoms with Gasteiger partial charge in [0.25, 0.3) is 0 Å². The molecule has 6 aromatic carbocycles. The monoisotopic (exact) mass is 480 g/mol. The topological polar surface area (TPSA) is 28.7 Å². The molecular formula is C36H20N2. The van der Waals surface area contributed by atoms with Crippen molar-refractivity contribution in [2.24, 2.45) is 0 Å². The molecule has 38 heavy (non-hydrogen) atoms. The van der Waals surface area contributed by atoms with Crippen LogP contribution in [0.5, 0.6) is 0 Å². The molecule has 2 aliphatic rings. The fourth-order valence-electron chi connectivity index (χ4n) is 7.45. The third kappa shape index (κ3) is 2.12. The van der Waals surface area contributed by atoms with Crippen LogP contribution in [0.2, 0.25) is 0 Å². The summed E-state index contributed by atoms with van der Waals surface area (Å²) in [6, 6.07) is 46.3. The normalized spacial score (nSPS) is 16.5. The summed E-state index contributed by atoms with van der Waals surface area (Å²) >= 11 is 0. The molecule has 2 heterocycles. The first-order chi connectivity index (χ1) is 18.8. The molecule has 0 bridgehead atoms. The molecule has 9 rings (SSSR count). The van der Waals surface area contributed by atoms with Crippen LogP contribution >= 0.6 is 0 Å². The first-order valence-corrected chi connectivity index (χ1v) is 13.0. The van der Waals surface area contributed by atoms with E-state index in [4.69, 9.17) is 0 Å². The molecule has 174 valence electrons. The fourth-order valence-corrected chi connectivity index (χ4v) is 7.45.